The van der Waals surface area contributed by atoms with Crippen LogP contribution in [0.1, 0.15) is 66.8 Å². The molecule has 1 aromatic heterocycles. The summed E-state index contributed by atoms with van der Waals surface area (Å²) in [4.78, 5) is 51.3. The molecule has 3 aromatic rings. The third-order valence-corrected chi connectivity index (χ3v) is 9.47. The summed E-state index contributed by atoms with van der Waals surface area (Å²) in [5.41, 5.74) is 1.15. The number of sulfone groups is 1. The second kappa shape index (κ2) is 10.1. The van der Waals surface area contributed by atoms with Gasteiger partial charge >= 0.3 is 11.9 Å². The summed E-state index contributed by atoms with van der Waals surface area (Å²) in [7, 11) is -4.03. The second-order valence-corrected chi connectivity index (χ2v) is 11.8. The lowest BCUT2D eigenvalue weighted by atomic mass is 9.95. The van der Waals surface area contributed by atoms with Crippen LogP contribution in [-0.2, 0) is 36.9 Å². The first-order chi connectivity index (χ1) is 18.2. The highest BCUT2D eigenvalue weighted by atomic mass is 32.2. The maximum Gasteiger partial charge on any atom is 0.341 e. The van der Waals surface area contributed by atoms with Gasteiger partial charge in [-0.25, -0.2) is 18.0 Å². The number of nitrogens with one attached hydrogen (secondary N) is 1. The summed E-state index contributed by atoms with van der Waals surface area (Å²) < 4.78 is 36.5. The van der Waals surface area contributed by atoms with Gasteiger partial charge in [0.1, 0.15) is 5.00 Å². The standard InChI is InChI=1S/C27H23NO8S2/c1-2-35-27(32)23-16-7-3-5-9-19(16)37-25(23)28-22(29)14-36-26(31)15-11-12-18-21(13-15)38(33,34)20-10-6-4-8-17(20)24(18)30/h4,6,8,10-13H,2-3,5,7,9,14H2,1H3,(H,28,29). The zero-order chi connectivity index (χ0) is 27.0. The average Bonchev–Trinajstić information content (AvgIpc) is 3.28. The Balaban J connectivity index is 1.32. The van der Waals surface area contributed by atoms with Crippen LogP contribution in [0, 0.1) is 0 Å². The smallest absolute Gasteiger partial charge is 0.341 e. The number of anilines is 1. The molecule has 0 saturated carbocycles. The number of amides is 1. The number of hydrogen-bond donors (Lipinski definition) is 1. The quantitative estimate of drug-likeness (QED) is 0.355. The highest BCUT2D eigenvalue weighted by Crippen LogP contribution is 2.39. The summed E-state index contributed by atoms with van der Waals surface area (Å²) in [5.74, 6) is -2.55. The van der Waals surface area contributed by atoms with E-state index in [-0.39, 0.29) is 33.1 Å². The fourth-order valence-electron chi connectivity index (χ4n) is 4.66. The zero-order valence-electron chi connectivity index (χ0n) is 20.4. The highest BCUT2D eigenvalue weighted by Gasteiger charge is 2.35. The highest BCUT2D eigenvalue weighted by molar-refractivity contribution is 7.91. The van der Waals surface area contributed by atoms with Gasteiger partial charge in [0.05, 0.1) is 27.5 Å². The predicted octanol–water partition coefficient (Wildman–Crippen LogP) is 3.98. The van der Waals surface area contributed by atoms with Gasteiger partial charge in [0.2, 0.25) is 9.84 Å². The minimum atomic E-state index is -4.03. The Morgan fingerprint density at radius 1 is 0.947 bits per heavy atom. The van der Waals surface area contributed by atoms with E-state index in [1.165, 1.54) is 41.7 Å². The van der Waals surface area contributed by atoms with Gasteiger partial charge in [0.25, 0.3) is 5.91 Å². The van der Waals surface area contributed by atoms with E-state index in [9.17, 15) is 27.6 Å². The van der Waals surface area contributed by atoms with Crippen LogP contribution in [-0.4, -0.2) is 45.3 Å². The van der Waals surface area contributed by atoms with E-state index in [4.69, 9.17) is 9.47 Å². The van der Waals surface area contributed by atoms with Gasteiger partial charge in [-0.3, -0.25) is 9.59 Å². The van der Waals surface area contributed by atoms with E-state index in [1.54, 1.807) is 13.0 Å². The van der Waals surface area contributed by atoms with Crippen LogP contribution in [0.2, 0.25) is 0 Å². The maximum absolute atomic E-state index is 13.1. The normalized spacial score (nSPS) is 15.0. The van der Waals surface area contributed by atoms with Gasteiger partial charge in [-0.1, -0.05) is 12.1 Å². The van der Waals surface area contributed by atoms with Crippen molar-refractivity contribution in [1.82, 2.24) is 0 Å². The molecule has 196 valence electrons. The van der Waals surface area contributed by atoms with Gasteiger partial charge in [-0.15, -0.1) is 11.3 Å². The van der Waals surface area contributed by atoms with E-state index in [2.05, 4.69) is 5.32 Å². The number of ether oxygens (including phenoxy) is 2. The molecule has 1 aliphatic carbocycles. The second-order valence-electron chi connectivity index (χ2n) is 8.80. The molecular weight excluding hydrogens is 530 g/mol. The van der Waals surface area contributed by atoms with Gasteiger partial charge in [-0.05, 0) is 68.5 Å². The molecule has 0 bridgehead atoms. The molecule has 0 saturated heterocycles. The zero-order valence-corrected chi connectivity index (χ0v) is 22.0. The molecule has 2 heterocycles. The third-order valence-electron chi connectivity index (χ3n) is 6.41. The molecule has 11 heteroatoms. The van der Waals surface area contributed by atoms with E-state index in [1.807, 2.05) is 0 Å². The lowest BCUT2D eigenvalue weighted by molar-refractivity contribution is -0.119. The van der Waals surface area contributed by atoms with Crippen LogP contribution in [0.25, 0.3) is 0 Å². The monoisotopic (exact) mass is 553 g/mol. The fraction of sp³-hybridized carbons (Fsp3) is 0.259. The van der Waals surface area contributed by atoms with E-state index in [0.29, 0.717) is 10.6 Å². The Hall–Kier alpha value is -3.83. The Bertz CT molecular complexity index is 1600. The first-order valence-corrected chi connectivity index (χ1v) is 14.3. The number of aryl methyl sites for hydroxylation is 1. The lowest BCUT2D eigenvalue weighted by Gasteiger charge is -2.19. The van der Waals surface area contributed by atoms with Crippen molar-refractivity contribution < 1.29 is 37.1 Å². The Morgan fingerprint density at radius 3 is 2.47 bits per heavy atom. The number of benzene rings is 2. The molecule has 2 aromatic carbocycles. The molecule has 2 aliphatic rings. The molecule has 5 rings (SSSR count). The maximum atomic E-state index is 13.1. The minimum absolute atomic E-state index is 0.0360. The number of rotatable bonds is 6. The van der Waals surface area contributed by atoms with Gasteiger partial charge in [0, 0.05) is 16.0 Å². The van der Waals surface area contributed by atoms with Crippen molar-refractivity contribution in [2.75, 3.05) is 18.5 Å². The topological polar surface area (TPSA) is 133 Å². The predicted molar refractivity (Wildman–Crippen MR) is 138 cm³/mol. The van der Waals surface area contributed by atoms with Crippen molar-refractivity contribution in [1.29, 1.82) is 0 Å². The molecule has 0 atom stereocenters. The summed E-state index contributed by atoms with van der Waals surface area (Å²) in [6.07, 6.45) is 3.47. The summed E-state index contributed by atoms with van der Waals surface area (Å²) in [6, 6.07) is 9.52. The number of fused-ring (bicyclic) bond motifs is 3. The number of carbonyl (C=O) groups excluding carboxylic acids is 4. The number of ketones is 1. The average molecular weight is 554 g/mol. The Labute approximate surface area is 222 Å². The first-order valence-electron chi connectivity index (χ1n) is 12.0. The summed E-state index contributed by atoms with van der Waals surface area (Å²) >= 11 is 1.31. The molecule has 1 aliphatic heterocycles. The summed E-state index contributed by atoms with van der Waals surface area (Å²) in [5, 5.41) is 3.01. The van der Waals surface area contributed by atoms with Crippen molar-refractivity contribution in [2.45, 2.75) is 42.4 Å². The minimum Gasteiger partial charge on any atom is -0.462 e. The number of carbonyl (C=O) groups is 4. The van der Waals surface area contributed by atoms with E-state index in [0.717, 1.165) is 42.2 Å². The molecule has 38 heavy (non-hydrogen) atoms. The van der Waals surface area contributed by atoms with Crippen molar-refractivity contribution in [3.05, 3.63) is 75.2 Å². The van der Waals surface area contributed by atoms with E-state index >= 15 is 0 Å². The molecule has 1 N–H and O–H groups in total. The summed E-state index contributed by atoms with van der Waals surface area (Å²) in [6.45, 7) is 1.24. The molecule has 1 amide bonds. The van der Waals surface area contributed by atoms with E-state index < -0.39 is 40.1 Å². The Kier molecular flexibility index (Phi) is 6.89. The fourth-order valence-corrected chi connectivity index (χ4v) is 7.63. The third kappa shape index (κ3) is 4.52. The van der Waals surface area contributed by atoms with Crippen LogP contribution < -0.4 is 5.32 Å². The molecule has 0 fully saturated rings. The van der Waals surface area contributed by atoms with Crippen molar-refractivity contribution >= 4 is 49.8 Å². The van der Waals surface area contributed by atoms with Crippen molar-refractivity contribution in [3.8, 4) is 0 Å². The van der Waals surface area contributed by atoms with Crippen LogP contribution in [0.3, 0.4) is 0 Å². The van der Waals surface area contributed by atoms with Gasteiger partial charge in [-0.2, -0.15) is 0 Å². The van der Waals surface area contributed by atoms with Crippen molar-refractivity contribution in [3.63, 3.8) is 0 Å². The molecule has 0 spiro atoms. The molecule has 0 radical (unpaired) electrons. The molecule has 9 nitrogen and oxygen atoms in total. The van der Waals surface area contributed by atoms with Gasteiger partial charge < -0.3 is 14.8 Å². The Morgan fingerprint density at radius 2 is 1.68 bits per heavy atom. The number of hydrogen-bond acceptors (Lipinski definition) is 9. The van der Waals surface area contributed by atoms with Crippen LogP contribution >= 0.6 is 11.3 Å². The lowest BCUT2D eigenvalue weighted by Crippen LogP contribution is -2.23. The largest absolute Gasteiger partial charge is 0.462 e. The van der Waals surface area contributed by atoms with Crippen LogP contribution in [0.15, 0.2) is 52.3 Å². The van der Waals surface area contributed by atoms with Crippen molar-refractivity contribution in [2.24, 2.45) is 0 Å². The first kappa shape index (κ1) is 25.8. The van der Waals surface area contributed by atoms with Gasteiger partial charge in [0.15, 0.2) is 12.4 Å². The SMILES string of the molecule is CCOC(=O)c1c(NC(=O)COC(=O)c2ccc3c(c2)S(=O)(=O)c2ccccc2C3=O)sc2c1CCCC2. The molecule has 0 unspecified atom stereocenters. The van der Waals surface area contributed by atoms with Crippen LogP contribution in [0.5, 0.6) is 0 Å². The molecular formula is C27H23NO8S2. The number of thiophene rings is 1. The number of esters is 2. The van der Waals surface area contributed by atoms with Crippen LogP contribution in [0.4, 0.5) is 5.00 Å².